The topological polar surface area (TPSA) is 88.9 Å². The molecule has 0 aromatic carbocycles. The van der Waals surface area contributed by atoms with E-state index < -0.39 is 5.54 Å². The van der Waals surface area contributed by atoms with Gasteiger partial charge in [-0.25, -0.2) is 9.67 Å². The second kappa shape index (κ2) is 7.57. The van der Waals surface area contributed by atoms with Crippen molar-refractivity contribution in [3.63, 3.8) is 0 Å². The normalized spacial score (nSPS) is 12.7. The van der Waals surface area contributed by atoms with E-state index in [-0.39, 0.29) is 17.9 Å². The molecule has 2 heterocycles. The molecule has 0 spiro atoms. The molecule has 2 aromatic rings. The molecule has 0 fully saturated rings. The summed E-state index contributed by atoms with van der Waals surface area (Å²) in [6, 6.07) is 3.23. The number of nitrogens with one attached hydrogen (secondary N) is 2. The molecule has 2 N–H and O–H groups in total. The molecule has 130 valence electrons. The van der Waals surface area contributed by atoms with E-state index in [4.69, 9.17) is 0 Å². The van der Waals surface area contributed by atoms with Crippen LogP contribution in [0.1, 0.15) is 55.7 Å². The third kappa shape index (κ3) is 4.19. The summed E-state index contributed by atoms with van der Waals surface area (Å²) in [4.78, 5) is 29.5. The number of aromatic nitrogens is 3. The fourth-order valence-corrected chi connectivity index (χ4v) is 2.86. The summed E-state index contributed by atoms with van der Waals surface area (Å²) >= 11 is 1.34. The molecule has 0 aliphatic heterocycles. The number of hydrogen-bond acceptors (Lipinski definition) is 5. The van der Waals surface area contributed by atoms with Crippen molar-refractivity contribution in [2.24, 2.45) is 0 Å². The highest BCUT2D eigenvalue weighted by Gasteiger charge is 2.31. The van der Waals surface area contributed by atoms with Gasteiger partial charge in [-0.3, -0.25) is 9.59 Å². The zero-order valence-corrected chi connectivity index (χ0v) is 15.2. The van der Waals surface area contributed by atoms with Crippen molar-refractivity contribution in [2.75, 3.05) is 0 Å². The van der Waals surface area contributed by atoms with Crippen LogP contribution in [0.4, 0.5) is 0 Å². The summed E-state index contributed by atoms with van der Waals surface area (Å²) in [6.07, 6.45) is 2.41. The van der Waals surface area contributed by atoms with Crippen LogP contribution in [-0.2, 0) is 11.3 Å². The zero-order chi connectivity index (χ0) is 17.7. The minimum Gasteiger partial charge on any atom is -0.344 e. The Morgan fingerprint density at radius 3 is 2.79 bits per heavy atom. The lowest BCUT2D eigenvalue weighted by Gasteiger charge is -2.26. The van der Waals surface area contributed by atoms with E-state index >= 15 is 0 Å². The Balaban J connectivity index is 2.01. The van der Waals surface area contributed by atoms with Crippen LogP contribution >= 0.6 is 11.3 Å². The SMILES string of the molecule is CCCn1ncnc1[C@H](C)NC(=O)C(C)(C)NC(=O)c1cccs1. The van der Waals surface area contributed by atoms with Gasteiger partial charge in [-0.05, 0) is 38.6 Å². The highest BCUT2D eigenvalue weighted by atomic mass is 32.1. The number of aryl methyl sites for hydroxylation is 1. The van der Waals surface area contributed by atoms with Crippen molar-refractivity contribution >= 4 is 23.2 Å². The quantitative estimate of drug-likeness (QED) is 0.801. The van der Waals surface area contributed by atoms with E-state index in [2.05, 4.69) is 27.6 Å². The van der Waals surface area contributed by atoms with Crippen molar-refractivity contribution in [2.45, 2.75) is 52.2 Å². The Kier molecular flexibility index (Phi) is 5.71. The van der Waals surface area contributed by atoms with Crippen LogP contribution < -0.4 is 10.6 Å². The molecule has 1 atom stereocenters. The van der Waals surface area contributed by atoms with Crippen LogP contribution in [0.3, 0.4) is 0 Å². The monoisotopic (exact) mass is 349 g/mol. The first-order valence-electron chi connectivity index (χ1n) is 7.90. The fraction of sp³-hybridized carbons (Fsp3) is 0.500. The molecule has 8 heteroatoms. The Labute approximate surface area is 145 Å². The van der Waals surface area contributed by atoms with E-state index in [1.165, 1.54) is 17.7 Å². The number of rotatable bonds is 7. The maximum absolute atomic E-state index is 12.6. The molecular weight excluding hydrogens is 326 g/mol. The van der Waals surface area contributed by atoms with E-state index in [0.717, 1.165) is 13.0 Å². The van der Waals surface area contributed by atoms with Crippen LogP contribution in [0.2, 0.25) is 0 Å². The predicted octanol–water partition coefficient (Wildman–Crippen LogP) is 2.14. The highest BCUT2D eigenvalue weighted by Crippen LogP contribution is 2.14. The molecule has 0 bridgehead atoms. The standard InChI is InChI=1S/C16H23N5O2S/c1-5-8-21-13(17-10-18-21)11(2)19-15(23)16(3,4)20-14(22)12-7-6-9-24-12/h6-7,9-11H,5,8H2,1-4H3,(H,19,23)(H,20,22)/t11-/m0/s1. The molecule has 7 nitrogen and oxygen atoms in total. The van der Waals surface area contributed by atoms with Gasteiger partial charge in [0.05, 0.1) is 10.9 Å². The molecule has 0 unspecified atom stereocenters. The number of amides is 2. The second-order valence-corrected chi connectivity index (χ2v) is 7.04. The van der Waals surface area contributed by atoms with Crippen LogP contribution in [0.25, 0.3) is 0 Å². The molecule has 2 aromatic heterocycles. The average Bonchev–Trinajstić information content (AvgIpc) is 3.18. The molecule has 2 rings (SSSR count). The summed E-state index contributed by atoms with van der Waals surface area (Å²) in [5.41, 5.74) is -1.04. The molecule has 0 saturated carbocycles. The average molecular weight is 349 g/mol. The van der Waals surface area contributed by atoms with Crippen molar-refractivity contribution in [1.29, 1.82) is 0 Å². The Morgan fingerprint density at radius 2 is 2.17 bits per heavy atom. The number of carbonyl (C=O) groups excluding carboxylic acids is 2. The number of thiophene rings is 1. The van der Waals surface area contributed by atoms with Crippen LogP contribution in [-0.4, -0.2) is 32.1 Å². The van der Waals surface area contributed by atoms with Gasteiger partial charge in [0, 0.05) is 6.54 Å². The van der Waals surface area contributed by atoms with Gasteiger partial charge in [-0.1, -0.05) is 13.0 Å². The molecule has 2 amide bonds. The summed E-state index contributed by atoms with van der Waals surface area (Å²) in [5, 5.41) is 11.7. The molecule has 24 heavy (non-hydrogen) atoms. The molecule has 0 aliphatic carbocycles. The van der Waals surface area contributed by atoms with Gasteiger partial charge in [0.2, 0.25) is 5.91 Å². The number of nitrogens with zero attached hydrogens (tertiary/aromatic N) is 3. The largest absolute Gasteiger partial charge is 0.344 e. The first-order valence-corrected chi connectivity index (χ1v) is 8.77. The first-order chi connectivity index (χ1) is 11.3. The number of carbonyl (C=O) groups is 2. The van der Waals surface area contributed by atoms with Gasteiger partial charge in [0.1, 0.15) is 17.7 Å². The van der Waals surface area contributed by atoms with Gasteiger partial charge >= 0.3 is 0 Å². The van der Waals surface area contributed by atoms with E-state index in [9.17, 15) is 9.59 Å². The predicted molar refractivity (Wildman–Crippen MR) is 92.7 cm³/mol. The third-order valence-electron chi connectivity index (χ3n) is 3.55. The van der Waals surface area contributed by atoms with Crippen molar-refractivity contribution in [3.8, 4) is 0 Å². The summed E-state index contributed by atoms with van der Waals surface area (Å²) in [5.74, 6) is 0.170. The van der Waals surface area contributed by atoms with Gasteiger partial charge in [0.25, 0.3) is 5.91 Å². The maximum Gasteiger partial charge on any atom is 0.262 e. The van der Waals surface area contributed by atoms with Gasteiger partial charge in [-0.15, -0.1) is 11.3 Å². The first kappa shape index (κ1) is 18.1. The lowest BCUT2D eigenvalue weighted by atomic mass is 10.0. The smallest absolute Gasteiger partial charge is 0.262 e. The van der Waals surface area contributed by atoms with Gasteiger partial charge in [0.15, 0.2) is 0 Å². The molecule has 0 saturated heterocycles. The minimum atomic E-state index is -1.04. The molecular formula is C16H23N5O2S. The zero-order valence-electron chi connectivity index (χ0n) is 14.4. The van der Waals surface area contributed by atoms with Crippen LogP contribution in [0.5, 0.6) is 0 Å². The van der Waals surface area contributed by atoms with E-state index in [1.807, 2.05) is 12.3 Å². The fourth-order valence-electron chi connectivity index (χ4n) is 2.24. The van der Waals surface area contributed by atoms with Crippen LogP contribution in [0, 0.1) is 0 Å². The van der Waals surface area contributed by atoms with E-state index in [0.29, 0.717) is 10.7 Å². The Hall–Kier alpha value is -2.22. The summed E-state index contributed by atoms with van der Waals surface area (Å²) in [7, 11) is 0. The van der Waals surface area contributed by atoms with Gasteiger partial charge in [-0.2, -0.15) is 5.10 Å². The van der Waals surface area contributed by atoms with E-state index in [1.54, 1.807) is 30.7 Å². The third-order valence-corrected chi connectivity index (χ3v) is 4.42. The number of hydrogen-bond donors (Lipinski definition) is 2. The lowest BCUT2D eigenvalue weighted by Crippen LogP contribution is -2.55. The van der Waals surface area contributed by atoms with Crippen molar-refractivity contribution in [3.05, 3.63) is 34.5 Å². The highest BCUT2D eigenvalue weighted by molar-refractivity contribution is 7.12. The summed E-state index contributed by atoms with van der Waals surface area (Å²) in [6.45, 7) is 8.01. The molecule has 0 radical (unpaired) electrons. The second-order valence-electron chi connectivity index (χ2n) is 6.09. The van der Waals surface area contributed by atoms with Crippen molar-refractivity contribution in [1.82, 2.24) is 25.4 Å². The van der Waals surface area contributed by atoms with Gasteiger partial charge < -0.3 is 10.6 Å². The van der Waals surface area contributed by atoms with Crippen molar-refractivity contribution < 1.29 is 9.59 Å². The lowest BCUT2D eigenvalue weighted by molar-refractivity contribution is -0.126. The Bertz CT molecular complexity index is 693. The minimum absolute atomic E-state index is 0.257. The Morgan fingerprint density at radius 1 is 1.42 bits per heavy atom. The maximum atomic E-state index is 12.6. The molecule has 0 aliphatic rings. The van der Waals surface area contributed by atoms with Crippen LogP contribution in [0.15, 0.2) is 23.8 Å². The summed E-state index contributed by atoms with van der Waals surface area (Å²) < 4.78 is 1.78.